The van der Waals surface area contributed by atoms with Crippen molar-refractivity contribution in [3.8, 4) is 0 Å². The lowest BCUT2D eigenvalue weighted by molar-refractivity contribution is 0.0874. The number of hydrogen-bond donors (Lipinski definition) is 2. The molecular weight excluding hydrogens is 246 g/mol. The summed E-state index contributed by atoms with van der Waals surface area (Å²) in [5, 5.41) is 2.11. The van der Waals surface area contributed by atoms with E-state index in [1.165, 1.54) is 5.01 Å². The maximum absolute atomic E-state index is 11.7. The Morgan fingerprint density at radius 3 is 2.50 bits per heavy atom. The molecule has 0 bridgehead atoms. The van der Waals surface area contributed by atoms with E-state index >= 15 is 0 Å². The molecule has 0 unspecified atom stereocenters. The second kappa shape index (κ2) is 5.67. The minimum absolute atomic E-state index is 0.129. The van der Waals surface area contributed by atoms with Crippen LogP contribution in [0.25, 0.3) is 0 Å². The normalized spacial score (nSPS) is 9.62. The molecule has 3 N–H and O–H groups in total. The first-order valence-electron chi connectivity index (χ1n) is 4.68. The van der Waals surface area contributed by atoms with Crippen molar-refractivity contribution >= 4 is 34.8 Å². The van der Waals surface area contributed by atoms with Crippen LogP contribution in [0, 0.1) is 0 Å². The van der Waals surface area contributed by atoms with E-state index in [9.17, 15) is 4.79 Å². The topological polar surface area (TPSA) is 58.4 Å². The van der Waals surface area contributed by atoms with Crippen LogP contribution in [0.5, 0.6) is 0 Å². The first kappa shape index (κ1) is 12.7. The number of hydrazine groups is 1. The number of hydrogen-bond acceptors (Lipinski definition) is 2. The van der Waals surface area contributed by atoms with Gasteiger partial charge in [0, 0.05) is 17.1 Å². The van der Waals surface area contributed by atoms with Gasteiger partial charge in [-0.1, -0.05) is 11.6 Å². The van der Waals surface area contributed by atoms with Crippen molar-refractivity contribution in [1.29, 1.82) is 0 Å². The number of carbonyl (C=O) groups is 1. The summed E-state index contributed by atoms with van der Waals surface area (Å²) < 4.78 is 0. The number of nitrogens with zero attached hydrogens (tertiary/aromatic N) is 1. The van der Waals surface area contributed by atoms with E-state index in [1.807, 2.05) is 6.92 Å². The molecule has 0 aliphatic carbocycles. The smallest absolute Gasteiger partial charge is 0.269 e. The van der Waals surface area contributed by atoms with Gasteiger partial charge < -0.3 is 5.73 Å². The fraction of sp³-hybridized carbons (Fsp3) is 0.200. The number of rotatable bonds is 2. The third-order valence-electron chi connectivity index (χ3n) is 1.93. The van der Waals surface area contributed by atoms with Gasteiger partial charge in [-0.2, -0.15) is 0 Å². The first-order valence-corrected chi connectivity index (χ1v) is 5.46. The molecule has 0 radical (unpaired) electrons. The van der Waals surface area contributed by atoms with Crippen LogP contribution in [0.15, 0.2) is 24.3 Å². The van der Waals surface area contributed by atoms with E-state index in [1.54, 1.807) is 24.3 Å². The van der Waals surface area contributed by atoms with Gasteiger partial charge in [-0.25, -0.2) is 0 Å². The van der Waals surface area contributed by atoms with Gasteiger partial charge in [0.1, 0.15) is 0 Å². The average Bonchev–Trinajstić information content (AvgIpc) is 2.26. The molecular formula is C10H12ClN3OS. The average molecular weight is 258 g/mol. The molecule has 0 aliphatic heterocycles. The number of carbonyl (C=O) groups excluding carboxylic acids is 1. The van der Waals surface area contributed by atoms with Crippen LogP contribution < -0.4 is 11.2 Å². The molecule has 0 spiro atoms. The minimum atomic E-state index is -0.272. The molecule has 1 amide bonds. The lowest BCUT2D eigenvalue weighted by Crippen LogP contribution is -2.48. The van der Waals surface area contributed by atoms with Crippen molar-refractivity contribution in [3.05, 3.63) is 34.9 Å². The quantitative estimate of drug-likeness (QED) is 0.624. The molecule has 0 saturated carbocycles. The zero-order valence-electron chi connectivity index (χ0n) is 8.74. The van der Waals surface area contributed by atoms with Crippen molar-refractivity contribution in [2.45, 2.75) is 6.92 Å². The highest BCUT2D eigenvalue weighted by atomic mass is 35.5. The summed E-state index contributed by atoms with van der Waals surface area (Å²) in [4.78, 5) is 11.7. The summed E-state index contributed by atoms with van der Waals surface area (Å²) in [6, 6.07) is 6.55. The van der Waals surface area contributed by atoms with E-state index in [0.717, 1.165) is 0 Å². The Balaban J connectivity index is 2.71. The third kappa shape index (κ3) is 3.36. The number of nitrogens with two attached hydrogens (primary N) is 1. The summed E-state index contributed by atoms with van der Waals surface area (Å²) >= 11 is 10.5. The van der Waals surface area contributed by atoms with E-state index in [-0.39, 0.29) is 11.0 Å². The number of nitrogens with one attached hydrogen (secondary N) is 1. The molecule has 1 aromatic carbocycles. The number of amides is 1. The van der Waals surface area contributed by atoms with E-state index < -0.39 is 0 Å². The van der Waals surface area contributed by atoms with Crippen LogP contribution in [0.1, 0.15) is 17.3 Å². The predicted octanol–water partition coefficient (Wildman–Crippen LogP) is 1.55. The Morgan fingerprint density at radius 2 is 2.06 bits per heavy atom. The Labute approximate surface area is 104 Å². The summed E-state index contributed by atoms with van der Waals surface area (Å²) in [6.07, 6.45) is 0. The molecule has 1 aromatic rings. The van der Waals surface area contributed by atoms with E-state index in [4.69, 9.17) is 29.6 Å². The van der Waals surface area contributed by atoms with Gasteiger partial charge in [0.25, 0.3) is 5.91 Å². The summed E-state index contributed by atoms with van der Waals surface area (Å²) in [5.41, 5.74) is 8.51. The van der Waals surface area contributed by atoms with Gasteiger partial charge >= 0.3 is 0 Å². The van der Waals surface area contributed by atoms with Gasteiger partial charge in [-0.05, 0) is 43.4 Å². The van der Waals surface area contributed by atoms with E-state index in [0.29, 0.717) is 17.1 Å². The van der Waals surface area contributed by atoms with Gasteiger partial charge in [-0.3, -0.25) is 15.2 Å². The van der Waals surface area contributed by atoms with Crippen LogP contribution in [-0.2, 0) is 0 Å². The second-order valence-electron chi connectivity index (χ2n) is 3.03. The molecule has 86 valence electrons. The molecule has 0 fully saturated rings. The lowest BCUT2D eigenvalue weighted by atomic mass is 10.2. The highest BCUT2D eigenvalue weighted by molar-refractivity contribution is 7.80. The molecule has 0 saturated heterocycles. The maximum atomic E-state index is 11.7. The molecule has 6 heteroatoms. The molecule has 0 heterocycles. The molecule has 0 aromatic heterocycles. The minimum Gasteiger partial charge on any atom is -0.375 e. The van der Waals surface area contributed by atoms with Crippen LogP contribution >= 0.6 is 23.8 Å². The Bertz CT molecular complexity index is 394. The molecule has 0 atom stereocenters. The summed E-state index contributed by atoms with van der Waals surface area (Å²) in [6.45, 7) is 2.34. The zero-order valence-corrected chi connectivity index (χ0v) is 10.3. The Morgan fingerprint density at radius 1 is 1.50 bits per heavy atom. The Kier molecular flexibility index (Phi) is 4.52. The van der Waals surface area contributed by atoms with Crippen LogP contribution in [0.2, 0.25) is 5.02 Å². The van der Waals surface area contributed by atoms with Crippen LogP contribution in [0.4, 0.5) is 0 Å². The van der Waals surface area contributed by atoms with Gasteiger partial charge in [0.2, 0.25) is 0 Å². The SMILES string of the molecule is CCN(NC(=O)c1ccc(Cl)cc1)C(N)=S. The number of thiocarbonyl (C=S) groups is 1. The predicted molar refractivity (Wildman–Crippen MR) is 68.1 cm³/mol. The van der Waals surface area contributed by atoms with Gasteiger partial charge in [0.05, 0.1) is 0 Å². The molecule has 4 nitrogen and oxygen atoms in total. The first-order chi connectivity index (χ1) is 7.54. The van der Waals surface area contributed by atoms with Crippen molar-refractivity contribution in [1.82, 2.24) is 10.4 Å². The van der Waals surface area contributed by atoms with Crippen molar-refractivity contribution < 1.29 is 4.79 Å². The maximum Gasteiger partial charge on any atom is 0.269 e. The largest absolute Gasteiger partial charge is 0.375 e. The van der Waals surface area contributed by atoms with E-state index in [2.05, 4.69) is 5.43 Å². The highest BCUT2D eigenvalue weighted by Crippen LogP contribution is 2.09. The molecule has 1 rings (SSSR count). The second-order valence-corrected chi connectivity index (χ2v) is 3.89. The standard InChI is InChI=1S/C10H12ClN3OS/c1-2-14(10(12)16)13-9(15)7-3-5-8(11)6-4-7/h3-6H,2H2,1H3,(H2,12,16)(H,13,15). The summed E-state index contributed by atoms with van der Waals surface area (Å²) in [7, 11) is 0. The van der Waals surface area contributed by atoms with Crippen LogP contribution in [0.3, 0.4) is 0 Å². The summed E-state index contributed by atoms with van der Waals surface area (Å²) in [5.74, 6) is -0.272. The van der Waals surface area contributed by atoms with Crippen molar-refractivity contribution in [2.75, 3.05) is 6.54 Å². The van der Waals surface area contributed by atoms with Crippen LogP contribution in [-0.4, -0.2) is 22.6 Å². The number of halogens is 1. The van der Waals surface area contributed by atoms with Gasteiger partial charge in [0.15, 0.2) is 5.11 Å². The number of benzene rings is 1. The fourth-order valence-corrected chi connectivity index (χ4v) is 1.38. The fourth-order valence-electron chi connectivity index (χ4n) is 1.08. The Hall–Kier alpha value is -1.33. The third-order valence-corrected chi connectivity index (χ3v) is 2.40. The zero-order chi connectivity index (χ0) is 12.1. The lowest BCUT2D eigenvalue weighted by Gasteiger charge is -2.21. The van der Waals surface area contributed by atoms with Gasteiger partial charge in [-0.15, -0.1) is 0 Å². The highest BCUT2D eigenvalue weighted by Gasteiger charge is 2.10. The van der Waals surface area contributed by atoms with Crippen molar-refractivity contribution in [3.63, 3.8) is 0 Å². The van der Waals surface area contributed by atoms with Crippen molar-refractivity contribution in [2.24, 2.45) is 5.73 Å². The monoisotopic (exact) mass is 257 g/mol. The molecule has 16 heavy (non-hydrogen) atoms. The molecule has 0 aliphatic rings.